The second-order valence-electron chi connectivity index (χ2n) is 17.9. The van der Waals surface area contributed by atoms with Crippen molar-refractivity contribution < 1.29 is 0 Å². The summed E-state index contributed by atoms with van der Waals surface area (Å²) < 4.78 is 2.45. The first-order chi connectivity index (χ1) is 32.3. The van der Waals surface area contributed by atoms with E-state index in [1.807, 2.05) is 0 Å². The number of hydrogen-bond donors (Lipinski definition) is 0. The lowest BCUT2D eigenvalue weighted by molar-refractivity contribution is 0.752. The van der Waals surface area contributed by atoms with Crippen LogP contribution in [0.25, 0.3) is 82.4 Å². The summed E-state index contributed by atoms with van der Waals surface area (Å²) in [5, 5.41) is 7.53. The van der Waals surface area contributed by atoms with Crippen LogP contribution < -0.4 is 0 Å². The van der Waals surface area contributed by atoms with Crippen molar-refractivity contribution in [1.82, 2.24) is 4.57 Å². The van der Waals surface area contributed by atoms with Crippen molar-refractivity contribution in [3.8, 4) is 39.1 Å². The van der Waals surface area contributed by atoms with E-state index in [2.05, 4.69) is 247 Å². The molecule has 12 aromatic rings. The zero-order valence-corrected chi connectivity index (χ0v) is 35.6. The van der Waals surface area contributed by atoms with Crippen LogP contribution in [0.5, 0.6) is 0 Å². The van der Waals surface area contributed by atoms with Gasteiger partial charge in [0.2, 0.25) is 0 Å². The molecule has 2 aliphatic carbocycles. The maximum Gasteiger partial charge on any atom is 0.0716 e. The fourth-order valence-electron chi connectivity index (χ4n) is 12.0. The maximum atomic E-state index is 2.49. The smallest absolute Gasteiger partial charge is 0.0716 e. The molecule has 1 heteroatoms. The van der Waals surface area contributed by atoms with E-state index in [4.69, 9.17) is 0 Å². The van der Waals surface area contributed by atoms with Crippen LogP contribution in [0.15, 0.2) is 243 Å². The Morgan fingerprint density at radius 2 is 0.985 bits per heavy atom. The number of hydrogen-bond acceptors (Lipinski definition) is 0. The summed E-state index contributed by atoms with van der Waals surface area (Å²) in [6, 6.07) is 91.1. The largest absolute Gasteiger partial charge is 0.309 e. The van der Waals surface area contributed by atoms with E-state index >= 15 is 0 Å². The van der Waals surface area contributed by atoms with Crippen molar-refractivity contribution in [2.45, 2.75) is 11.3 Å². The highest BCUT2D eigenvalue weighted by atomic mass is 15.0. The number of fused-ring (bicyclic) bond motifs is 12. The van der Waals surface area contributed by atoms with Gasteiger partial charge in [0.15, 0.2) is 0 Å². The first-order valence-electron chi connectivity index (χ1n) is 22.8. The van der Waals surface area contributed by atoms with Gasteiger partial charge in [-0.1, -0.05) is 212 Å². The van der Waals surface area contributed by atoms with Crippen LogP contribution in [0.3, 0.4) is 0 Å². The quantitative estimate of drug-likeness (QED) is 0.163. The van der Waals surface area contributed by atoms with E-state index in [9.17, 15) is 0 Å². The Morgan fingerprint density at radius 3 is 1.82 bits per heavy atom. The summed E-state index contributed by atoms with van der Waals surface area (Å²) in [5.41, 5.74) is 20.2. The molecule has 0 N–H and O–H groups in total. The summed E-state index contributed by atoms with van der Waals surface area (Å²) in [7, 11) is 0. The second kappa shape index (κ2) is 13.9. The number of nitrogens with zero attached hydrogens (tertiary/aromatic N) is 1. The number of para-hydroxylation sites is 1. The SMILES string of the molecule is c1ccc(C2(c3ccccc3)c3ccccc3-c3ccc4c(c32)C(c2ccc3ccccc3c2)c2ccc(-c3ccc5c(c3)c3ccccc3n5-c3cccc5ccccc35)cc2-4)cc1. The van der Waals surface area contributed by atoms with Gasteiger partial charge in [-0.05, 0) is 119 Å². The summed E-state index contributed by atoms with van der Waals surface area (Å²) >= 11 is 0. The molecule has 0 aliphatic heterocycles. The Balaban J connectivity index is 1.03. The summed E-state index contributed by atoms with van der Waals surface area (Å²) in [5.74, 6) is 0.0240. The molecule has 1 aromatic heterocycles. The van der Waals surface area contributed by atoms with Gasteiger partial charge in [0.25, 0.3) is 0 Å². The Morgan fingerprint density at radius 1 is 0.354 bits per heavy atom. The van der Waals surface area contributed by atoms with Crippen molar-refractivity contribution in [2.24, 2.45) is 0 Å². The zero-order chi connectivity index (χ0) is 42.6. The minimum atomic E-state index is -0.525. The van der Waals surface area contributed by atoms with Gasteiger partial charge in [-0.3, -0.25) is 0 Å². The molecule has 65 heavy (non-hydrogen) atoms. The predicted molar refractivity (Wildman–Crippen MR) is 271 cm³/mol. The van der Waals surface area contributed by atoms with Gasteiger partial charge in [0.05, 0.1) is 22.1 Å². The van der Waals surface area contributed by atoms with E-state index < -0.39 is 5.41 Å². The molecule has 1 heterocycles. The van der Waals surface area contributed by atoms with Crippen LogP contribution in [-0.2, 0) is 5.41 Å². The highest BCUT2D eigenvalue weighted by Gasteiger charge is 2.50. The Kier molecular flexibility index (Phi) is 7.73. The lowest BCUT2D eigenvalue weighted by Crippen LogP contribution is -2.30. The average Bonchev–Trinajstić information content (AvgIpc) is 4.00. The highest BCUT2D eigenvalue weighted by Crippen LogP contribution is 2.63. The van der Waals surface area contributed by atoms with Crippen LogP contribution in [0.1, 0.15) is 44.9 Å². The Labute approximate surface area is 378 Å². The zero-order valence-electron chi connectivity index (χ0n) is 35.6. The molecular formula is C64H41N. The Bertz CT molecular complexity index is 3850. The topological polar surface area (TPSA) is 4.93 Å². The molecule has 14 rings (SSSR count). The third kappa shape index (κ3) is 5.10. The third-order valence-electron chi connectivity index (χ3n) is 14.7. The molecule has 0 fully saturated rings. The van der Waals surface area contributed by atoms with Gasteiger partial charge in [-0.15, -0.1) is 0 Å². The molecular weight excluding hydrogens is 783 g/mol. The van der Waals surface area contributed by atoms with Crippen LogP contribution in [0.2, 0.25) is 0 Å². The van der Waals surface area contributed by atoms with Crippen LogP contribution in [0.4, 0.5) is 0 Å². The maximum absolute atomic E-state index is 2.49. The standard InChI is InChI=1S/C64H41N/c1-3-20-47(21-4-1)64(48-22-5-2-6-23-48)57-27-13-11-25-50(57)54-36-35-53-55-39-44(32-34-52(55)61(62(53)63(54)64)46-31-30-41-16-7-8-18-43(41)38-46)45-33-37-60-56(40-45)51-26-12-14-28-59(51)65(60)58-29-15-19-42-17-9-10-24-49(42)58/h1-40,61H. The molecule has 0 spiro atoms. The van der Waals surface area contributed by atoms with Crippen LogP contribution in [0, 0.1) is 0 Å². The molecule has 1 nitrogen and oxygen atoms in total. The number of benzene rings is 11. The van der Waals surface area contributed by atoms with Gasteiger partial charge in [0, 0.05) is 22.1 Å². The molecule has 1 atom stereocenters. The van der Waals surface area contributed by atoms with E-state index in [0.29, 0.717) is 0 Å². The van der Waals surface area contributed by atoms with E-state index in [0.717, 1.165) is 0 Å². The molecule has 0 bridgehead atoms. The van der Waals surface area contributed by atoms with E-state index in [1.165, 1.54) is 121 Å². The first-order valence-corrected chi connectivity index (χ1v) is 22.8. The van der Waals surface area contributed by atoms with E-state index in [1.54, 1.807) is 0 Å². The number of rotatable bonds is 5. The van der Waals surface area contributed by atoms with Crippen molar-refractivity contribution in [3.05, 3.63) is 282 Å². The van der Waals surface area contributed by atoms with Crippen LogP contribution >= 0.6 is 0 Å². The molecule has 0 saturated carbocycles. The number of aromatic nitrogens is 1. The minimum Gasteiger partial charge on any atom is -0.309 e. The van der Waals surface area contributed by atoms with E-state index in [-0.39, 0.29) is 5.92 Å². The molecule has 2 aliphatic rings. The van der Waals surface area contributed by atoms with Gasteiger partial charge in [-0.2, -0.15) is 0 Å². The second-order valence-corrected chi connectivity index (χ2v) is 17.9. The summed E-state index contributed by atoms with van der Waals surface area (Å²) in [4.78, 5) is 0. The van der Waals surface area contributed by atoms with Gasteiger partial charge in [0.1, 0.15) is 0 Å². The summed E-state index contributed by atoms with van der Waals surface area (Å²) in [6.07, 6.45) is 0. The van der Waals surface area contributed by atoms with Crippen LogP contribution in [-0.4, -0.2) is 4.57 Å². The third-order valence-corrected chi connectivity index (χ3v) is 14.7. The molecule has 11 aromatic carbocycles. The lowest BCUT2D eigenvalue weighted by atomic mass is 9.65. The average molecular weight is 824 g/mol. The molecule has 1 unspecified atom stereocenters. The van der Waals surface area contributed by atoms with Gasteiger partial charge >= 0.3 is 0 Å². The van der Waals surface area contributed by atoms with Crippen molar-refractivity contribution in [3.63, 3.8) is 0 Å². The molecule has 302 valence electrons. The highest BCUT2D eigenvalue weighted by molar-refractivity contribution is 6.12. The van der Waals surface area contributed by atoms with Gasteiger partial charge < -0.3 is 4.57 Å². The van der Waals surface area contributed by atoms with Gasteiger partial charge in [-0.25, -0.2) is 0 Å². The monoisotopic (exact) mass is 823 g/mol. The fourth-order valence-corrected chi connectivity index (χ4v) is 12.0. The minimum absolute atomic E-state index is 0.0240. The normalized spacial score (nSPS) is 14.4. The first kappa shape index (κ1) is 36.2. The fraction of sp³-hybridized carbons (Fsp3) is 0.0312. The predicted octanol–water partition coefficient (Wildman–Crippen LogP) is 16.3. The Hall–Kier alpha value is -8.26. The lowest BCUT2D eigenvalue weighted by Gasteiger charge is -2.36. The summed E-state index contributed by atoms with van der Waals surface area (Å²) in [6.45, 7) is 0. The molecule has 0 saturated heterocycles. The molecule has 0 radical (unpaired) electrons. The molecule has 0 amide bonds. The van der Waals surface area contributed by atoms with Crippen molar-refractivity contribution in [1.29, 1.82) is 0 Å². The van der Waals surface area contributed by atoms with Crippen molar-refractivity contribution in [2.75, 3.05) is 0 Å². The van der Waals surface area contributed by atoms with Crippen molar-refractivity contribution >= 4 is 43.4 Å².